The number of hydrogen-bond donors (Lipinski definition) is 1. The third-order valence-electron chi connectivity index (χ3n) is 5.81. The molecule has 0 radical (unpaired) electrons. The van der Waals surface area contributed by atoms with E-state index in [1.807, 2.05) is 22.9 Å². The van der Waals surface area contributed by atoms with Crippen molar-refractivity contribution in [3.8, 4) is 0 Å². The first-order chi connectivity index (χ1) is 16.2. The number of benzene rings is 2. The van der Waals surface area contributed by atoms with Crippen LogP contribution in [0.2, 0.25) is 0 Å². The van der Waals surface area contributed by atoms with Crippen LogP contribution in [0.25, 0.3) is 16.6 Å². The molecule has 0 saturated heterocycles. The lowest BCUT2D eigenvalue weighted by Crippen LogP contribution is -2.17. The summed E-state index contributed by atoms with van der Waals surface area (Å²) in [7, 11) is 0. The van der Waals surface area contributed by atoms with Gasteiger partial charge in [-0.3, -0.25) is 4.79 Å². The summed E-state index contributed by atoms with van der Waals surface area (Å²) in [4.78, 5) is 18.0. The maximum atomic E-state index is 13.9. The van der Waals surface area contributed by atoms with Crippen molar-refractivity contribution in [3.05, 3.63) is 102 Å². The van der Waals surface area contributed by atoms with Crippen molar-refractivity contribution < 1.29 is 13.6 Å². The predicted octanol–water partition coefficient (Wildman–Crippen LogP) is 6.17. The van der Waals surface area contributed by atoms with Crippen molar-refractivity contribution in [1.82, 2.24) is 14.0 Å². The van der Waals surface area contributed by atoms with E-state index in [2.05, 4.69) is 31.1 Å². The van der Waals surface area contributed by atoms with Crippen molar-refractivity contribution in [1.29, 1.82) is 0 Å². The normalized spacial score (nSPS) is 11.9. The second kappa shape index (κ2) is 8.09. The number of nitrogens with zero attached hydrogens (tertiary/aromatic N) is 3. The van der Waals surface area contributed by atoms with Crippen LogP contribution < -0.4 is 5.32 Å². The van der Waals surface area contributed by atoms with E-state index in [-0.39, 0.29) is 29.5 Å². The summed E-state index contributed by atoms with van der Waals surface area (Å²) in [6.07, 6.45) is 3.83. The summed E-state index contributed by atoms with van der Waals surface area (Å²) in [6.45, 7) is 6.55. The van der Waals surface area contributed by atoms with Gasteiger partial charge >= 0.3 is 0 Å². The first-order valence-electron chi connectivity index (χ1n) is 11.0. The van der Waals surface area contributed by atoms with Gasteiger partial charge in [-0.15, -0.1) is 0 Å². The van der Waals surface area contributed by atoms with E-state index in [1.54, 1.807) is 34.9 Å². The molecule has 0 bridgehead atoms. The molecule has 0 saturated carbocycles. The Kier molecular flexibility index (Phi) is 5.20. The molecule has 0 aliphatic carbocycles. The van der Waals surface area contributed by atoms with Crippen LogP contribution in [-0.4, -0.2) is 19.9 Å². The van der Waals surface area contributed by atoms with Crippen LogP contribution in [0.1, 0.15) is 42.5 Å². The van der Waals surface area contributed by atoms with Gasteiger partial charge in [-0.2, -0.15) is 0 Å². The second-order valence-electron chi connectivity index (χ2n) is 9.46. The Hall–Kier alpha value is -4.00. The smallest absolute Gasteiger partial charge is 0.272 e. The van der Waals surface area contributed by atoms with Crippen LogP contribution in [0.5, 0.6) is 0 Å². The highest BCUT2D eigenvalue weighted by Crippen LogP contribution is 2.25. The third-order valence-corrected chi connectivity index (χ3v) is 5.81. The summed E-state index contributed by atoms with van der Waals surface area (Å²) in [5.74, 6) is -1.09. The van der Waals surface area contributed by atoms with Gasteiger partial charge in [-0.05, 0) is 48.0 Å². The molecule has 3 heterocycles. The van der Waals surface area contributed by atoms with Gasteiger partial charge in [-0.25, -0.2) is 13.8 Å². The van der Waals surface area contributed by atoms with Crippen LogP contribution in [0.4, 0.5) is 14.5 Å². The number of rotatable bonds is 4. The Morgan fingerprint density at radius 3 is 2.56 bits per heavy atom. The van der Waals surface area contributed by atoms with Crippen LogP contribution in [0.3, 0.4) is 0 Å². The Balaban J connectivity index is 1.51. The fourth-order valence-corrected chi connectivity index (χ4v) is 4.03. The molecular weight excluding hydrogens is 434 g/mol. The number of halogens is 2. The standard InChI is InChI=1S/C27H24F2N4O/c1-27(2,3)24-16-32-10-9-21(14-25(32)31-24)30-26(34)23-13-18-12-20(29)7-8-22(18)33(23)15-17-5-4-6-19(28)11-17/h4-14,16H,15H2,1-3H3,(H,30,34). The van der Waals surface area contributed by atoms with Crippen molar-refractivity contribution in [2.45, 2.75) is 32.7 Å². The predicted molar refractivity (Wildman–Crippen MR) is 129 cm³/mol. The molecule has 5 nitrogen and oxygen atoms in total. The number of carbonyl (C=O) groups excluding carboxylic acids is 1. The number of amides is 1. The maximum Gasteiger partial charge on any atom is 0.272 e. The lowest BCUT2D eigenvalue weighted by molar-refractivity contribution is 0.101. The Bertz CT molecular complexity index is 1540. The summed E-state index contributed by atoms with van der Waals surface area (Å²) in [6, 6.07) is 15.9. The molecule has 0 aliphatic rings. The van der Waals surface area contributed by atoms with Crippen LogP contribution >= 0.6 is 0 Å². The minimum absolute atomic E-state index is 0.0947. The molecule has 3 aromatic heterocycles. The molecule has 2 aromatic carbocycles. The highest BCUT2D eigenvalue weighted by molar-refractivity contribution is 6.06. The summed E-state index contributed by atoms with van der Waals surface area (Å²) >= 11 is 0. The molecule has 0 atom stereocenters. The number of pyridine rings is 1. The molecule has 5 aromatic rings. The fourth-order valence-electron chi connectivity index (χ4n) is 4.03. The average molecular weight is 459 g/mol. The van der Waals surface area contributed by atoms with E-state index in [9.17, 15) is 13.6 Å². The first kappa shape index (κ1) is 21.8. The number of imidazole rings is 1. The Morgan fingerprint density at radius 2 is 1.79 bits per heavy atom. The van der Waals surface area contributed by atoms with Gasteiger partial charge in [0, 0.05) is 47.0 Å². The third kappa shape index (κ3) is 4.17. The first-order valence-corrected chi connectivity index (χ1v) is 11.0. The van der Waals surface area contributed by atoms with E-state index in [0.717, 1.165) is 11.3 Å². The number of anilines is 1. The molecular formula is C27H24F2N4O. The van der Waals surface area contributed by atoms with Gasteiger partial charge in [0.25, 0.3) is 5.91 Å². The number of aromatic nitrogens is 3. The highest BCUT2D eigenvalue weighted by Gasteiger charge is 2.19. The van der Waals surface area contributed by atoms with E-state index in [4.69, 9.17) is 0 Å². The zero-order valence-corrected chi connectivity index (χ0v) is 19.1. The van der Waals surface area contributed by atoms with Gasteiger partial charge in [0.2, 0.25) is 0 Å². The monoisotopic (exact) mass is 458 g/mol. The fraction of sp³-hybridized carbons (Fsp3) is 0.185. The average Bonchev–Trinajstić information content (AvgIpc) is 3.35. The van der Waals surface area contributed by atoms with E-state index in [0.29, 0.717) is 27.8 Å². The SMILES string of the molecule is CC(C)(C)c1cn2ccc(NC(=O)c3cc4cc(F)ccc4n3Cc3cccc(F)c3)cc2n1. The number of carbonyl (C=O) groups is 1. The van der Waals surface area contributed by atoms with E-state index >= 15 is 0 Å². The quantitative estimate of drug-likeness (QED) is 0.350. The van der Waals surface area contributed by atoms with Gasteiger partial charge in [0.15, 0.2) is 0 Å². The molecule has 5 rings (SSSR count). The summed E-state index contributed by atoms with van der Waals surface area (Å²) in [5.41, 5.74) is 3.92. The lowest BCUT2D eigenvalue weighted by atomic mass is 9.93. The van der Waals surface area contributed by atoms with Gasteiger partial charge in [0.05, 0.1) is 5.69 Å². The summed E-state index contributed by atoms with van der Waals surface area (Å²) in [5, 5.41) is 3.53. The van der Waals surface area contributed by atoms with Crippen LogP contribution in [0.15, 0.2) is 73.1 Å². The molecule has 0 fully saturated rings. The van der Waals surface area contributed by atoms with Crippen LogP contribution in [0, 0.1) is 11.6 Å². The second-order valence-corrected chi connectivity index (χ2v) is 9.46. The minimum Gasteiger partial charge on any atom is -0.332 e. The van der Waals surface area contributed by atoms with Gasteiger partial charge in [-0.1, -0.05) is 32.9 Å². The molecule has 1 amide bonds. The highest BCUT2D eigenvalue weighted by atomic mass is 19.1. The molecule has 1 N–H and O–H groups in total. The molecule has 0 unspecified atom stereocenters. The lowest BCUT2D eigenvalue weighted by Gasteiger charge is -2.13. The van der Waals surface area contributed by atoms with Gasteiger partial charge in [0.1, 0.15) is 23.0 Å². The maximum absolute atomic E-state index is 13.9. The molecule has 172 valence electrons. The number of hydrogen-bond acceptors (Lipinski definition) is 2. The Labute approximate surface area is 195 Å². The van der Waals surface area contributed by atoms with E-state index < -0.39 is 0 Å². The van der Waals surface area contributed by atoms with Crippen LogP contribution in [-0.2, 0) is 12.0 Å². The number of nitrogens with one attached hydrogen (secondary N) is 1. The summed E-state index contributed by atoms with van der Waals surface area (Å²) < 4.78 is 31.3. The molecule has 34 heavy (non-hydrogen) atoms. The Morgan fingerprint density at radius 1 is 1.00 bits per heavy atom. The zero-order valence-electron chi connectivity index (χ0n) is 19.1. The van der Waals surface area contributed by atoms with Crippen molar-refractivity contribution >= 4 is 28.1 Å². The zero-order chi connectivity index (χ0) is 24.0. The largest absolute Gasteiger partial charge is 0.332 e. The number of fused-ring (bicyclic) bond motifs is 2. The van der Waals surface area contributed by atoms with Gasteiger partial charge < -0.3 is 14.3 Å². The van der Waals surface area contributed by atoms with Crippen molar-refractivity contribution in [2.75, 3.05) is 5.32 Å². The molecule has 0 aliphatic heterocycles. The minimum atomic E-state index is -0.387. The van der Waals surface area contributed by atoms with E-state index in [1.165, 1.54) is 24.3 Å². The molecule has 0 spiro atoms. The topological polar surface area (TPSA) is 51.3 Å². The van der Waals surface area contributed by atoms with Crippen molar-refractivity contribution in [2.24, 2.45) is 0 Å². The molecule has 7 heteroatoms. The van der Waals surface area contributed by atoms with Crippen molar-refractivity contribution in [3.63, 3.8) is 0 Å².